The number of carbonyl (C=O) groups is 1. The summed E-state index contributed by atoms with van der Waals surface area (Å²) in [6.07, 6.45) is 5.56. The summed E-state index contributed by atoms with van der Waals surface area (Å²) < 4.78 is 10.9. The number of amides is 1. The number of carbonyl (C=O) groups excluding carboxylic acids is 1. The minimum atomic E-state index is -0.464. The van der Waals surface area contributed by atoms with Gasteiger partial charge in [0.2, 0.25) is 0 Å². The molecule has 2 aliphatic rings. The van der Waals surface area contributed by atoms with Crippen molar-refractivity contribution in [3.63, 3.8) is 0 Å². The number of nitrogens with zero attached hydrogens (tertiary/aromatic N) is 2. The third-order valence-electron chi connectivity index (χ3n) is 6.04. The SMILES string of the molecule is CCNC(=NCC1(N(C)C)CCOCC1)NC1CCC(NC(=O)OC(C)(C)C)CC1.I. The van der Waals surface area contributed by atoms with Gasteiger partial charge in [-0.3, -0.25) is 4.99 Å². The van der Waals surface area contributed by atoms with Gasteiger partial charge in [0.05, 0.1) is 6.54 Å². The summed E-state index contributed by atoms with van der Waals surface area (Å²) in [5, 5.41) is 10.0. The van der Waals surface area contributed by atoms with Crippen LogP contribution in [0.1, 0.15) is 66.2 Å². The molecule has 2 rings (SSSR count). The standard InChI is InChI=1S/C22H43N5O3.HI/c1-7-23-19(24-16-22(27(5)6)12-14-29-15-13-22)25-17-8-10-18(11-9-17)26-20(28)30-21(2,3)4;/h17-18H,7-16H2,1-6H3,(H,26,28)(H2,23,24,25);1H. The zero-order chi connectivity index (χ0) is 22.2. The number of hydrogen-bond acceptors (Lipinski definition) is 5. The molecule has 1 saturated carbocycles. The molecule has 0 unspecified atom stereocenters. The van der Waals surface area contributed by atoms with Crippen molar-refractivity contribution in [1.29, 1.82) is 0 Å². The molecule has 0 aromatic rings. The highest BCUT2D eigenvalue weighted by Crippen LogP contribution is 2.26. The normalized spacial score (nSPS) is 24.2. The third-order valence-corrected chi connectivity index (χ3v) is 6.04. The van der Waals surface area contributed by atoms with Crippen LogP contribution in [0.3, 0.4) is 0 Å². The van der Waals surface area contributed by atoms with E-state index in [0.29, 0.717) is 6.04 Å². The van der Waals surface area contributed by atoms with E-state index in [0.717, 1.165) is 70.8 Å². The van der Waals surface area contributed by atoms with Crippen LogP contribution < -0.4 is 16.0 Å². The highest BCUT2D eigenvalue weighted by atomic mass is 127. The highest BCUT2D eigenvalue weighted by Gasteiger charge is 2.35. The molecule has 0 spiro atoms. The van der Waals surface area contributed by atoms with E-state index in [4.69, 9.17) is 14.5 Å². The number of guanidine groups is 1. The van der Waals surface area contributed by atoms with Crippen LogP contribution in [-0.4, -0.2) is 80.6 Å². The molecule has 31 heavy (non-hydrogen) atoms. The van der Waals surface area contributed by atoms with Crippen molar-refractivity contribution in [2.45, 2.75) is 89.4 Å². The van der Waals surface area contributed by atoms with Crippen LogP contribution >= 0.6 is 24.0 Å². The van der Waals surface area contributed by atoms with Gasteiger partial charge in [0.1, 0.15) is 5.60 Å². The molecule has 0 aromatic carbocycles. The monoisotopic (exact) mass is 553 g/mol. The van der Waals surface area contributed by atoms with Crippen molar-refractivity contribution in [2.24, 2.45) is 4.99 Å². The van der Waals surface area contributed by atoms with Gasteiger partial charge in [-0.25, -0.2) is 4.79 Å². The molecule has 1 saturated heterocycles. The Hall–Kier alpha value is -0.810. The van der Waals surface area contributed by atoms with E-state index in [2.05, 4.69) is 41.9 Å². The largest absolute Gasteiger partial charge is 0.444 e. The predicted molar refractivity (Wildman–Crippen MR) is 136 cm³/mol. The van der Waals surface area contributed by atoms with Gasteiger partial charge >= 0.3 is 6.09 Å². The summed E-state index contributed by atoms with van der Waals surface area (Å²) >= 11 is 0. The van der Waals surface area contributed by atoms with Crippen LogP contribution in [0.2, 0.25) is 0 Å². The lowest BCUT2D eigenvalue weighted by Gasteiger charge is -2.41. The average Bonchev–Trinajstić information content (AvgIpc) is 2.67. The lowest BCUT2D eigenvalue weighted by Crippen LogP contribution is -2.52. The zero-order valence-corrected chi connectivity index (χ0v) is 22.6. The first kappa shape index (κ1) is 28.2. The molecule has 0 radical (unpaired) electrons. The van der Waals surface area contributed by atoms with Crippen LogP contribution in [0.5, 0.6) is 0 Å². The average molecular weight is 554 g/mol. The van der Waals surface area contributed by atoms with Crippen molar-refractivity contribution >= 4 is 36.0 Å². The number of rotatable bonds is 6. The molecule has 1 aliphatic heterocycles. The van der Waals surface area contributed by atoms with Crippen molar-refractivity contribution < 1.29 is 14.3 Å². The quantitative estimate of drug-likeness (QED) is 0.266. The lowest BCUT2D eigenvalue weighted by molar-refractivity contribution is -0.00255. The maximum absolute atomic E-state index is 12.0. The van der Waals surface area contributed by atoms with E-state index < -0.39 is 5.60 Å². The van der Waals surface area contributed by atoms with Gasteiger partial charge in [0.15, 0.2) is 5.96 Å². The molecule has 1 heterocycles. The second-order valence-corrected chi connectivity index (χ2v) is 9.77. The molecule has 0 aromatic heterocycles. The Morgan fingerprint density at radius 3 is 2.13 bits per heavy atom. The van der Waals surface area contributed by atoms with E-state index in [1.54, 1.807) is 0 Å². The molecule has 182 valence electrons. The van der Waals surface area contributed by atoms with E-state index in [-0.39, 0.29) is 41.7 Å². The molecule has 0 bridgehead atoms. The van der Waals surface area contributed by atoms with Gasteiger partial charge in [-0.15, -0.1) is 24.0 Å². The van der Waals surface area contributed by atoms with Gasteiger partial charge in [0, 0.05) is 37.4 Å². The molecule has 1 amide bonds. The Morgan fingerprint density at radius 1 is 1.10 bits per heavy atom. The summed E-state index contributed by atoms with van der Waals surface area (Å²) in [4.78, 5) is 19.2. The molecule has 0 atom stereocenters. The Kier molecular flexibility index (Phi) is 11.9. The number of nitrogens with one attached hydrogen (secondary N) is 3. The Balaban J connectivity index is 0.00000480. The topological polar surface area (TPSA) is 87.2 Å². The second kappa shape index (κ2) is 13.0. The van der Waals surface area contributed by atoms with Gasteiger partial charge in [0.25, 0.3) is 0 Å². The third kappa shape index (κ3) is 9.69. The summed E-state index contributed by atoms with van der Waals surface area (Å²) in [5.41, 5.74) is -0.399. The number of alkyl carbamates (subject to hydrolysis) is 1. The molecular formula is C22H44IN5O3. The minimum absolute atomic E-state index is 0. The minimum Gasteiger partial charge on any atom is -0.444 e. The van der Waals surface area contributed by atoms with Crippen molar-refractivity contribution in [1.82, 2.24) is 20.9 Å². The first-order valence-corrected chi connectivity index (χ1v) is 11.4. The van der Waals surface area contributed by atoms with Crippen LogP contribution in [0, 0.1) is 0 Å². The van der Waals surface area contributed by atoms with Crippen LogP contribution in [0.4, 0.5) is 4.79 Å². The molecule has 9 heteroatoms. The van der Waals surface area contributed by atoms with E-state index in [1.807, 2.05) is 20.8 Å². The molecule has 8 nitrogen and oxygen atoms in total. The summed E-state index contributed by atoms with van der Waals surface area (Å²) in [7, 11) is 4.28. The lowest BCUT2D eigenvalue weighted by atomic mass is 9.89. The number of likely N-dealkylation sites (N-methyl/N-ethyl adjacent to an activating group) is 1. The van der Waals surface area contributed by atoms with Gasteiger partial charge in [-0.2, -0.15) is 0 Å². The fraction of sp³-hybridized carbons (Fsp3) is 0.909. The maximum Gasteiger partial charge on any atom is 0.407 e. The van der Waals surface area contributed by atoms with E-state index in [9.17, 15) is 4.79 Å². The van der Waals surface area contributed by atoms with Crippen LogP contribution in [0.25, 0.3) is 0 Å². The van der Waals surface area contributed by atoms with Crippen molar-refractivity contribution in [3.8, 4) is 0 Å². The summed E-state index contributed by atoms with van der Waals surface area (Å²) in [5.74, 6) is 0.883. The highest BCUT2D eigenvalue weighted by molar-refractivity contribution is 14.0. The Labute approximate surface area is 205 Å². The Bertz CT molecular complexity index is 566. The number of halogens is 1. The van der Waals surface area contributed by atoms with Gasteiger partial charge in [-0.1, -0.05) is 0 Å². The number of aliphatic imine (C=N–C) groups is 1. The molecular weight excluding hydrogens is 509 g/mol. The zero-order valence-electron chi connectivity index (χ0n) is 20.3. The Morgan fingerprint density at radius 2 is 1.65 bits per heavy atom. The summed E-state index contributed by atoms with van der Waals surface area (Å²) in [6.45, 7) is 10.9. The van der Waals surface area contributed by atoms with Crippen LogP contribution in [-0.2, 0) is 9.47 Å². The first-order chi connectivity index (χ1) is 14.1. The molecule has 1 aliphatic carbocycles. The number of hydrogen-bond donors (Lipinski definition) is 3. The molecule has 2 fully saturated rings. The fourth-order valence-corrected chi connectivity index (χ4v) is 4.09. The van der Waals surface area contributed by atoms with Crippen molar-refractivity contribution in [3.05, 3.63) is 0 Å². The van der Waals surface area contributed by atoms with E-state index in [1.165, 1.54) is 0 Å². The second-order valence-electron chi connectivity index (χ2n) is 9.77. The summed E-state index contributed by atoms with van der Waals surface area (Å²) in [6, 6.07) is 0.543. The van der Waals surface area contributed by atoms with Crippen LogP contribution in [0.15, 0.2) is 4.99 Å². The fourth-order valence-electron chi connectivity index (χ4n) is 4.09. The van der Waals surface area contributed by atoms with E-state index >= 15 is 0 Å². The number of ether oxygens (including phenoxy) is 2. The smallest absolute Gasteiger partial charge is 0.407 e. The van der Waals surface area contributed by atoms with Gasteiger partial charge < -0.3 is 30.3 Å². The molecule has 3 N–H and O–H groups in total. The van der Waals surface area contributed by atoms with Crippen molar-refractivity contribution in [2.75, 3.05) is 40.4 Å². The maximum atomic E-state index is 12.0. The predicted octanol–water partition coefficient (Wildman–Crippen LogP) is 3.11. The van der Waals surface area contributed by atoms with Gasteiger partial charge in [-0.05, 0) is 80.3 Å². The first-order valence-electron chi connectivity index (χ1n) is 11.4.